The van der Waals surface area contributed by atoms with Gasteiger partial charge in [0, 0.05) is 7.05 Å². The van der Waals surface area contributed by atoms with Crippen molar-refractivity contribution in [3.63, 3.8) is 0 Å². The predicted octanol–water partition coefficient (Wildman–Crippen LogP) is 3.49. The molecule has 1 N–H and O–H groups in total. The van der Waals surface area contributed by atoms with E-state index >= 15 is 0 Å². The number of anilines is 1. The van der Waals surface area contributed by atoms with Gasteiger partial charge in [0.25, 0.3) is 5.91 Å². The number of hydrogen-bond donors (Lipinski definition) is 1. The molecule has 3 rings (SSSR count). The second-order valence-electron chi connectivity index (χ2n) is 5.10. The highest BCUT2D eigenvalue weighted by Crippen LogP contribution is 2.32. The van der Waals surface area contributed by atoms with Gasteiger partial charge in [-0.3, -0.25) is 4.79 Å². The maximum atomic E-state index is 12.1. The minimum absolute atomic E-state index is 0.163. The van der Waals surface area contributed by atoms with Crippen LogP contribution in [0.1, 0.15) is 15.9 Å². The highest BCUT2D eigenvalue weighted by molar-refractivity contribution is 8.18. The molecule has 1 aliphatic rings. The summed E-state index contributed by atoms with van der Waals surface area (Å²) in [7, 11) is 1.70. The van der Waals surface area contributed by atoms with Gasteiger partial charge in [0.05, 0.1) is 16.2 Å². The highest BCUT2D eigenvalue weighted by atomic mass is 32.2. The van der Waals surface area contributed by atoms with E-state index in [1.165, 1.54) is 17.8 Å². The number of carboxylic acids is 1. The number of hydrogen-bond acceptors (Lipinski definition) is 4. The molecule has 24 heavy (non-hydrogen) atoms. The molecule has 5 nitrogen and oxygen atoms in total. The third-order valence-electron chi connectivity index (χ3n) is 3.49. The minimum atomic E-state index is -1.02. The smallest absolute Gasteiger partial charge is 0.337 e. The molecule has 0 saturated heterocycles. The molecule has 0 bridgehead atoms. The van der Waals surface area contributed by atoms with Crippen molar-refractivity contribution in [2.75, 3.05) is 11.9 Å². The number of rotatable bonds is 3. The Labute approximate surface area is 143 Å². The standard InChI is InChI=1S/C18H14N2O3S/c1-20(14-10-6-5-9-13(14)17(22)23)18-19-16(21)15(24-18)11-12-7-3-2-4-8-12/h2-11H,1H3,(H,22,23)/b15-11-. The van der Waals surface area contributed by atoms with Crippen molar-refractivity contribution in [3.8, 4) is 0 Å². The van der Waals surface area contributed by atoms with Crippen molar-refractivity contribution in [3.05, 3.63) is 70.6 Å². The van der Waals surface area contributed by atoms with Crippen LogP contribution in [-0.4, -0.2) is 29.2 Å². The fourth-order valence-electron chi connectivity index (χ4n) is 2.29. The van der Waals surface area contributed by atoms with Crippen molar-refractivity contribution in [1.29, 1.82) is 0 Å². The highest BCUT2D eigenvalue weighted by Gasteiger charge is 2.26. The van der Waals surface area contributed by atoms with E-state index in [4.69, 9.17) is 0 Å². The molecule has 2 aromatic rings. The fourth-order valence-corrected chi connectivity index (χ4v) is 3.18. The molecule has 0 atom stereocenters. The van der Waals surface area contributed by atoms with Crippen LogP contribution >= 0.6 is 11.8 Å². The maximum Gasteiger partial charge on any atom is 0.337 e. The summed E-state index contributed by atoms with van der Waals surface area (Å²) in [5.41, 5.74) is 1.57. The normalized spacial score (nSPS) is 15.5. The van der Waals surface area contributed by atoms with Gasteiger partial charge in [0.1, 0.15) is 0 Å². The van der Waals surface area contributed by atoms with Crippen molar-refractivity contribution in [2.45, 2.75) is 0 Å². The molecule has 0 saturated carbocycles. The fraction of sp³-hybridized carbons (Fsp3) is 0.0556. The molecule has 0 aliphatic carbocycles. The molecule has 2 aromatic carbocycles. The predicted molar refractivity (Wildman–Crippen MR) is 96.3 cm³/mol. The summed E-state index contributed by atoms with van der Waals surface area (Å²) >= 11 is 1.23. The van der Waals surface area contributed by atoms with Crippen LogP contribution in [0.25, 0.3) is 6.08 Å². The zero-order valence-electron chi connectivity index (χ0n) is 12.8. The number of aromatic carboxylic acids is 1. The Morgan fingerprint density at radius 1 is 1.12 bits per heavy atom. The Morgan fingerprint density at radius 2 is 1.79 bits per heavy atom. The van der Waals surface area contributed by atoms with E-state index in [1.54, 1.807) is 36.2 Å². The van der Waals surface area contributed by atoms with E-state index in [-0.39, 0.29) is 11.5 Å². The van der Waals surface area contributed by atoms with E-state index in [0.29, 0.717) is 15.8 Å². The molecule has 120 valence electrons. The summed E-state index contributed by atoms with van der Waals surface area (Å²) < 4.78 is 0. The molecule has 6 heteroatoms. The quantitative estimate of drug-likeness (QED) is 0.868. The molecule has 0 aromatic heterocycles. The van der Waals surface area contributed by atoms with Gasteiger partial charge in [0.2, 0.25) is 0 Å². The minimum Gasteiger partial charge on any atom is -0.478 e. The summed E-state index contributed by atoms with van der Waals surface area (Å²) in [4.78, 5) is 29.7. The number of carbonyl (C=O) groups excluding carboxylic acids is 1. The summed E-state index contributed by atoms with van der Waals surface area (Å²) in [5.74, 6) is -1.34. The third kappa shape index (κ3) is 3.23. The average molecular weight is 338 g/mol. The van der Waals surface area contributed by atoms with Gasteiger partial charge in [-0.25, -0.2) is 4.79 Å². The summed E-state index contributed by atoms with van der Waals surface area (Å²) in [6.45, 7) is 0. The van der Waals surface area contributed by atoms with Gasteiger partial charge < -0.3 is 10.0 Å². The van der Waals surface area contributed by atoms with Crippen LogP contribution in [0.15, 0.2) is 64.5 Å². The lowest BCUT2D eigenvalue weighted by atomic mass is 10.1. The lowest BCUT2D eigenvalue weighted by Gasteiger charge is -2.19. The first kappa shape index (κ1) is 16.0. The number of nitrogens with zero attached hydrogens (tertiary/aromatic N) is 2. The zero-order valence-corrected chi connectivity index (χ0v) is 13.7. The Balaban J connectivity index is 1.87. The molecular weight excluding hydrogens is 324 g/mol. The van der Waals surface area contributed by atoms with E-state index in [1.807, 2.05) is 30.3 Å². The number of para-hydroxylation sites is 1. The molecule has 0 fully saturated rings. The largest absolute Gasteiger partial charge is 0.478 e. The molecule has 1 heterocycles. The van der Waals surface area contributed by atoms with Crippen LogP contribution in [0.4, 0.5) is 5.69 Å². The van der Waals surface area contributed by atoms with Crippen molar-refractivity contribution in [2.24, 2.45) is 4.99 Å². The lowest BCUT2D eigenvalue weighted by molar-refractivity contribution is -0.113. The van der Waals surface area contributed by atoms with Crippen LogP contribution < -0.4 is 4.90 Å². The molecule has 0 unspecified atom stereocenters. The SMILES string of the molecule is CN(C1=NC(=O)/C(=C/c2ccccc2)S1)c1ccccc1C(=O)O. The monoisotopic (exact) mass is 338 g/mol. The summed E-state index contributed by atoms with van der Waals surface area (Å²) in [6, 6.07) is 16.1. The van der Waals surface area contributed by atoms with Crippen LogP contribution in [0.3, 0.4) is 0 Å². The first-order valence-electron chi connectivity index (χ1n) is 7.20. The Hall–Kier alpha value is -2.86. The third-order valence-corrected chi connectivity index (χ3v) is 4.55. The van der Waals surface area contributed by atoms with Gasteiger partial charge in [-0.05, 0) is 35.5 Å². The van der Waals surface area contributed by atoms with Gasteiger partial charge >= 0.3 is 5.97 Å². The van der Waals surface area contributed by atoms with Crippen LogP contribution in [0, 0.1) is 0 Å². The van der Waals surface area contributed by atoms with Gasteiger partial charge in [-0.2, -0.15) is 4.99 Å². The number of thioether (sulfide) groups is 1. The second kappa shape index (κ2) is 6.72. The van der Waals surface area contributed by atoms with Crippen molar-refractivity contribution >= 4 is 40.6 Å². The van der Waals surface area contributed by atoms with Crippen LogP contribution in [-0.2, 0) is 4.79 Å². The van der Waals surface area contributed by atoms with Gasteiger partial charge in [-0.1, -0.05) is 42.5 Å². The maximum absolute atomic E-state index is 12.1. The van der Waals surface area contributed by atoms with E-state index in [9.17, 15) is 14.7 Å². The number of amides is 1. The lowest BCUT2D eigenvalue weighted by Crippen LogP contribution is -2.24. The number of aliphatic imine (C=N–C) groups is 1. The number of carboxylic acid groups (broad SMARTS) is 1. The van der Waals surface area contributed by atoms with Gasteiger partial charge in [-0.15, -0.1) is 0 Å². The molecular formula is C18H14N2O3S. The average Bonchev–Trinajstić information content (AvgIpc) is 2.96. The number of carbonyl (C=O) groups is 2. The van der Waals surface area contributed by atoms with E-state index in [2.05, 4.69) is 4.99 Å². The Kier molecular flexibility index (Phi) is 4.48. The topological polar surface area (TPSA) is 70.0 Å². The van der Waals surface area contributed by atoms with Gasteiger partial charge in [0.15, 0.2) is 5.17 Å². The van der Waals surface area contributed by atoms with E-state index in [0.717, 1.165) is 5.56 Å². The number of benzene rings is 2. The van der Waals surface area contributed by atoms with Crippen molar-refractivity contribution < 1.29 is 14.7 Å². The first-order chi connectivity index (χ1) is 11.6. The molecule has 0 spiro atoms. The van der Waals surface area contributed by atoms with Crippen molar-refractivity contribution in [1.82, 2.24) is 0 Å². The van der Waals surface area contributed by atoms with Crippen LogP contribution in [0.2, 0.25) is 0 Å². The zero-order chi connectivity index (χ0) is 17.1. The molecule has 1 amide bonds. The summed E-state index contributed by atoms with van der Waals surface area (Å²) in [6.07, 6.45) is 1.78. The van der Waals surface area contributed by atoms with Crippen LogP contribution in [0.5, 0.6) is 0 Å². The molecule has 0 radical (unpaired) electrons. The Bertz CT molecular complexity index is 860. The van der Waals surface area contributed by atoms with E-state index < -0.39 is 5.97 Å². The molecule has 1 aliphatic heterocycles. The second-order valence-corrected chi connectivity index (χ2v) is 6.11. The summed E-state index contributed by atoms with van der Waals surface area (Å²) in [5, 5.41) is 9.76. The number of amidine groups is 1. The Morgan fingerprint density at radius 3 is 2.50 bits per heavy atom. The first-order valence-corrected chi connectivity index (χ1v) is 8.01.